The maximum atomic E-state index is 13.9. The summed E-state index contributed by atoms with van der Waals surface area (Å²) < 4.78 is 18.8. The van der Waals surface area contributed by atoms with Gasteiger partial charge in [0.05, 0.1) is 17.1 Å². The SMILES string of the molecule is Cc1nc(CSCC(=O)N2CCN(C(=O)c3cc(Cl)ccc3F)CC2)no1. The molecule has 0 atom stereocenters. The Bertz CT molecular complexity index is 839. The first-order chi connectivity index (χ1) is 12.9. The lowest BCUT2D eigenvalue weighted by atomic mass is 10.1. The molecule has 1 saturated heterocycles. The van der Waals surface area contributed by atoms with Crippen LogP contribution in [0.25, 0.3) is 0 Å². The molecule has 0 spiro atoms. The molecule has 0 bridgehead atoms. The molecule has 0 N–H and O–H groups in total. The Labute approximate surface area is 164 Å². The van der Waals surface area contributed by atoms with E-state index in [0.29, 0.717) is 54.4 Å². The molecule has 2 amide bonds. The van der Waals surface area contributed by atoms with Crippen molar-refractivity contribution in [2.75, 3.05) is 31.9 Å². The number of benzene rings is 1. The highest BCUT2D eigenvalue weighted by atomic mass is 35.5. The van der Waals surface area contributed by atoms with Crippen LogP contribution in [-0.4, -0.2) is 63.7 Å². The number of nitrogens with zero attached hydrogens (tertiary/aromatic N) is 4. The predicted molar refractivity (Wildman–Crippen MR) is 99.1 cm³/mol. The van der Waals surface area contributed by atoms with Gasteiger partial charge in [0.15, 0.2) is 5.82 Å². The average Bonchev–Trinajstić information content (AvgIpc) is 3.08. The van der Waals surface area contributed by atoms with E-state index in [1.807, 2.05) is 0 Å². The summed E-state index contributed by atoms with van der Waals surface area (Å²) in [5.74, 6) is 0.819. The molecule has 0 unspecified atom stereocenters. The summed E-state index contributed by atoms with van der Waals surface area (Å²) in [6, 6.07) is 3.91. The van der Waals surface area contributed by atoms with Crippen molar-refractivity contribution in [1.82, 2.24) is 19.9 Å². The van der Waals surface area contributed by atoms with Crippen LogP contribution in [0.1, 0.15) is 22.1 Å². The van der Waals surface area contributed by atoms with Gasteiger partial charge in [-0.05, 0) is 18.2 Å². The van der Waals surface area contributed by atoms with Gasteiger partial charge in [0.25, 0.3) is 5.91 Å². The Balaban J connectivity index is 1.47. The summed E-state index contributed by atoms with van der Waals surface area (Å²) in [4.78, 5) is 32.1. The van der Waals surface area contributed by atoms with E-state index >= 15 is 0 Å². The Hall–Kier alpha value is -2.13. The van der Waals surface area contributed by atoms with Crippen LogP contribution in [0.4, 0.5) is 4.39 Å². The van der Waals surface area contributed by atoms with Crippen LogP contribution >= 0.6 is 23.4 Å². The molecule has 0 radical (unpaired) electrons. The van der Waals surface area contributed by atoms with E-state index < -0.39 is 11.7 Å². The quantitative estimate of drug-likeness (QED) is 0.750. The van der Waals surface area contributed by atoms with Crippen LogP contribution in [0.2, 0.25) is 5.02 Å². The third kappa shape index (κ3) is 4.98. The molecule has 1 aliphatic heterocycles. The highest BCUT2D eigenvalue weighted by Gasteiger charge is 2.26. The molecule has 2 aromatic rings. The Kier molecular flexibility index (Phi) is 6.33. The van der Waals surface area contributed by atoms with E-state index in [1.165, 1.54) is 34.9 Å². The second-order valence-corrected chi connectivity index (χ2v) is 7.44. The third-order valence-electron chi connectivity index (χ3n) is 4.10. The fourth-order valence-corrected chi connectivity index (χ4v) is 3.64. The number of hydrogen-bond donors (Lipinski definition) is 0. The zero-order chi connectivity index (χ0) is 19.4. The van der Waals surface area contributed by atoms with Crippen molar-refractivity contribution in [1.29, 1.82) is 0 Å². The number of carbonyl (C=O) groups excluding carboxylic acids is 2. The maximum Gasteiger partial charge on any atom is 0.257 e. The van der Waals surface area contributed by atoms with Crippen molar-refractivity contribution in [3.63, 3.8) is 0 Å². The van der Waals surface area contributed by atoms with Crippen LogP contribution < -0.4 is 0 Å². The minimum Gasteiger partial charge on any atom is -0.340 e. The Morgan fingerprint density at radius 1 is 1.26 bits per heavy atom. The molecule has 1 aliphatic rings. The van der Waals surface area contributed by atoms with E-state index in [4.69, 9.17) is 16.1 Å². The first-order valence-electron chi connectivity index (χ1n) is 8.33. The molecular weight excluding hydrogens is 395 g/mol. The normalized spacial score (nSPS) is 14.5. The number of aryl methyl sites for hydroxylation is 1. The van der Waals surface area contributed by atoms with Crippen molar-refractivity contribution >= 4 is 35.2 Å². The lowest BCUT2D eigenvalue weighted by Crippen LogP contribution is -2.51. The van der Waals surface area contributed by atoms with Crippen LogP contribution in [0.5, 0.6) is 0 Å². The second kappa shape index (κ2) is 8.71. The Morgan fingerprint density at radius 3 is 2.63 bits per heavy atom. The van der Waals surface area contributed by atoms with Crippen LogP contribution in [0.15, 0.2) is 22.7 Å². The maximum absolute atomic E-state index is 13.9. The van der Waals surface area contributed by atoms with Gasteiger partial charge in [-0.1, -0.05) is 16.8 Å². The first kappa shape index (κ1) is 19.6. The number of amides is 2. The first-order valence-corrected chi connectivity index (χ1v) is 9.86. The molecule has 3 rings (SSSR count). The van der Waals surface area contributed by atoms with Gasteiger partial charge in [-0.15, -0.1) is 11.8 Å². The summed E-state index contributed by atoms with van der Waals surface area (Å²) >= 11 is 7.26. The summed E-state index contributed by atoms with van der Waals surface area (Å²) in [6.07, 6.45) is 0. The van der Waals surface area contributed by atoms with E-state index in [0.717, 1.165) is 0 Å². The van der Waals surface area contributed by atoms with E-state index in [-0.39, 0.29) is 11.5 Å². The summed E-state index contributed by atoms with van der Waals surface area (Å²) in [5.41, 5.74) is -0.0479. The molecule has 1 aromatic heterocycles. The number of rotatable bonds is 5. The lowest BCUT2D eigenvalue weighted by Gasteiger charge is -2.34. The molecule has 1 aromatic carbocycles. The molecule has 1 fully saturated rings. The van der Waals surface area contributed by atoms with E-state index in [9.17, 15) is 14.0 Å². The van der Waals surface area contributed by atoms with Crippen LogP contribution in [0.3, 0.4) is 0 Å². The van der Waals surface area contributed by atoms with Crippen molar-refractivity contribution in [3.05, 3.63) is 46.3 Å². The summed E-state index contributed by atoms with van der Waals surface area (Å²) in [6.45, 7) is 3.24. The van der Waals surface area contributed by atoms with Crippen molar-refractivity contribution in [2.45, 2.75) is 12.7 Å². The summed E-state index contributed by atoms with van der Waals surface area (Å²) in [7, 11) is 0. The van der Waals surface area contributed by atoms with Crippen molar-refractivity contribution < 1.29 is 18.5 Å². The van der Waals surface area contributed by atoms with Gasteiger partial charge in [0, 0.05) is 38.1 Å². The minimum absolute atomic E-state index is 0.0127. The van der Waals surface area contributed by atoms with Gasteiger partial charge in [0.1, 0.15) is 5.82 Å². The van der Waals surface area contributed by atoms with Gasteiger partial charge >= 0.3 is 0 Å². The largest absolute Gasteiger partial charge is 0.340 e. The van der Waals surface area contributed by atoms with Crippen molar-refractivity contribution in [2.24, 2.45) is 0 Å². The highest BCUT2D eigenvalue weighted by molar-refractivity contribution is 7.99. The molecule has 27 heavy (non-hydrogen) atoms. The number of aromatic nitrogens is 2. The van der Waals surface area contributed by atoms with Gasteiger partial charge in [-0.25, -0.2) is 4.39 Å². The lowest BCUT2D eigenvalue weighted by molar-refractivity contribution is -0.129. The molecule has 144 valence electrons. The highest BCUT2D eigenvalue weighted by Crippen LogP contribution is 2.18. The zero-order valence-electron chi connectivity index (χ0n) is 14.7. The van der Waals surface area contributed by atoms with Gasteiger partial charge in [0.2, 0.25) is 11.8 Å². The molecule has 0 aliphatic carbocycles. The molecule has 2 heterocycles. The smallest absolute Gasteiger partial charge is 0.257 e. The van der Waals surface area contributed by atoms with Crippen LogP contribution in [-0.2, 0) is 10.5 Å². The van der Waals surface area contributed by atoms with Crippen LogP contribution in [0, 0.1) is 12.7 Å². The monoisotopic (exact) mass is 412 g/mol. The average molecular weight is 413 g/mol. The second-order valence-electron chi connectivity index (χ2n) is 6.02. The predicted octanol–water partition coefficient (Wildman–Crippen LogP) is 2.39. The molecule has 10 heteroatoms. The number of halogens is 2. The number of thioether (sulfide) groups is 1. The molecule has 0 saturated carbocycles. The fraction of sp³-hybridized carbons (Fsp3) is 0.412. The third-order valence-corrected chi connectivity index (χ3v) is 5.25. The van der Waals surface area contributed by atoms with E-state index in [2.05, 4.69) is 10.1 Å². The fourth-order valence-electron chi connectivity index (χ4n) is 2.71. The number of carbonyl (C=O) groups is 2. The molecule has 7 nitrogen and oxygen atoms in total. The standard InChI is InChI=1S/C17H18ClFN4O3S/c1-11-20-15(21-26-11)9-27-10-16(24)22-4-6-23(7-5-22)17(25)13-8-12(18)2-3-14(13)19/h2-3,8H,4-7,9-10H2,1H3. The number of piperazine rings is 1. The van der Waals surface area contributed by atoms with Gasteiger partial charge < -0.3 is 14.3 Å². The summed E-state index contributed by atoms with van der Waals surface area (Å²) in [5, 5.41) is 4.09. The van der Waals surface area contributed by atoms with Crippen molar-refractivity contribution in [3.8, 4) is 0 Å². The topological polar surface area (TPSA) is 79.5 Å². The van der Waals surface area contributed by atoms with Gasteiger partial charge in [-0.2, -0.15) is 4.98 Å². The Morgan fingerprint density at radius 2 is 1.96 bits per heavy atom. The zero-order valence-corrected chi connectivity index (χ0v) is 16.2. The molecular formula is C17H18ClFN4O3S. The minimum atomic E-state index is -0.601. The van der Waals surface area contributed by atoms with Gasteiger partial charge in [-0.3, -0.25) is 9.59 Å². The number of hydrogen-bond acceptors (Lipinski definition) is 6. The van der Waals surface area contributed by atoms with E-state index in [1.54, 1.807) is 11.8 Å².